The smallest absolute Gasteiger partial charge is 0.471 e. The molecular formula is C11H11F3N2O4. The van der Waals surface area contributed by atoms with Crippen molar-refractivity contribution in [3.63, 3.8) is 0 Å². The van der Waals surface area contributed by atoms with Crippen molar-refractivity contribution < 1.29 is 32.6 Å². The number of rotatable bonds is 5. The average Bonchev–Trinajstić information content (AvgIpc) is 2.35. The Bertz CT molecular complexity index is 505. The quantitative estimate of drug-likeness (QED) is 0.852. The number of halogens is 3. The predicted molar refractivity (Wildman–Crippen MR) is 60.4 cm³/mol. The molecule has 1 atom stereocenters. The van der Waals surface area contributed by atoms with E-state index >= 15 is 0 Å². The van der Waals surface area contributed by atoms with Crippen molar-refractivity contribution in [2.24, 2.45) is 0 Å². The highest BCUT2D eigenvalue weighted by Gasteiger charge is 2.39. The zero-order chi connectivity index (χ0) is 15.3. The molecule has 0 aromatic carbocycles. The molecule has 110 valence electrons. The van der Waals surface area contributed by atoms with E-state index in [-0.39, 0.29) is 18.2 Å². The molecule has 0 fully saturated rings. The molecule has 0 saturated carbocycles. The Morgan fingerprint density at radius 1 is 1.45 bits per heavy atom. The Hall–Kier alpha value is -2.32. The number of hydrogen-bond acceptors (Lipinski definition) is 4. The van der Waals surface area contributed by atoms with Gasteiger partial charge < -0.3 is 15.2 Å². The first-order valence-electron chi connectivity index (χ1n) is 5.41. The van der Waals surface area contributed by atoms with E-state index in [4.69, 9.17) is 9.84 Å². The summed E-state index contributed by atoms with van der Waals surface area (Å²) in [6.07, 6.45) is -4.96. The highest BCUT2D eigenvalue weighted by atomic mass is 19.4. The highest BCUT2D eigenvalue weighted by molar-refractivity contribution is 5.85. The van der Waals surface area contributed by atoms with E-state index in [1.54, 1.807) is 5.32 Å². The molecule has 1 aromatic heterocycles. The second kappa shape index (κ2) is 6.22. The number of alkyl halides is 3. The molecule has 20 heavy (non-hydrogen) atoms. The van der Waals surface area contributed by atoms with Crippen LogP contribution in [0, 0.1) is 0 Å². The van der Waals surface area contributed by atoms with E-state index < -0.39 is 24.1 Å². The number of nitrogens with one attached hydrogen (secondary N) is 1. The lowest BCUT2D eigenvalue weighted by Crippen LogP contribution is -2.44. The zero-order valence-electron chi connectivity index (χ0n) is 10.3. The van der Waals surface area contributed by atoms with Crippen LogP contribution in [0.5, 0.6) is 5.88 Å². The van der Waals surface area contributed by atoms with Gasteiger partial charge in [-0.25, -0.2) is 9.78 Å². The Labute approximate surface area is 111 Å². The van der Waals surface area contributed by atoms with E-state index in [1.165, 1.54) is 25.1 Å². The van der Waals surface area contributed by atoms with Crippen LogP contribution in [0.3, 0.4) is 0 Å². The van der Waals surface area contributed by atoms with Crippen LogP contribution in [0.2, 0.25) is 0 Å². The van der Waals surface area contributed by atoms with Crippen molar-refractivity contribution in [1.29, 1.82) is 0 Å². The summed E-state index contributed by atoms with van der Waals surface area (Å²) in [5.74, 6) is -3.38. The van der Waals surface area contributed by atoms with Gasteiger partial charge in [0, 0.05) is 6.07 Å². The molecule has 2 N–H and O–H groups in total. The zero-order valence-corrected chi connectivity index (χ0v) is 10.3. The second-order valence-electron chi connectivity index (χ2n) is 3.85. The Morgan fingerprint density at radius 2 is 2.10 bits per heavy atom. The number of ether oxygens (including phenoxy) is 1. The number of pyridine rings is 1. The summed E-state index contributed by atoms with van der Waals surface area (Å²) in [5, 5.41) is 10.4. The molecular weight excluding hydrogens is 281 g/mol. The van der Waals surface area contributed by atoms with Gasteiger partial charge in [0.05, 0.1) is 6.04 Å². The fourth-order valence-corrected chi connectivity index (χ4v) is 1.17. The van der Waals surface area contributed by atoms with Crippen molar-refractivity contribution in [3.8, 4) is 5.88 Å². The monoisotopic (exact) mass is 292 g/mol. The maximum absolute atomic E-state index is 12.0. The first-order valence-corrected chi connectivity index (χ1v) is 5.41. The molecule has 0 aliphatic heterocycles. The number of amides is 1. The number of carboxylic acid groups (broad SMARTS) is 1. The van der Waals surface area contributed by atoms with Gasteiger partial charge >= 0.3 is 18.1 Å². The molecule has 0 spiro atoms. The van der Waals surface area contributed by atoms with Gasteiger partial charge in [0.25, 0.3) is 0 Å². The maximum Gasteiger partial charge on any atom is 0.471 e. The lowest BCUT2D eigenvalue weighted by molar-refractivity contribution is -0.174. The third-order valence-corrected chi connectivity index (χ3v) is 2.06. The van der Waals surface area contributed by atoms with Crippen molar-refractivity contribution in [1.82, 2.24) is 10.3 Å². The fraction of sp³-hybridized carbons (Fsp3) is 0.364. The molecule has 1 aromatic rings. The van der Waals surface area contributed by atoms with Gasteiger partial charge in [-0.2, -0.15) is 13.2 Å². The largest absolute Gasteiger partial charge is 0.477 e. The normalized spacial score (nSPS) is 12.6. The third-order valence-electron chi connectivity index (χ3n) is 2.06. The molecule has 9 heteroatoms. The van der Waals surface area contributed by atoms with Crippen LogP contribution in [0.4, 0.5) is 13.2 Å². The minimum atomic E-state index is -4.96. The van der Waals surface area contributed by atoms with Crippen LogP contribution in [0.15, 0.2) is 18.2 Å². The molecule has 1 amide bonds. The molecule has 6 nitrogen and oxygen atoms in total. The summed E-state index contributed by atoms with van der Waals surface area (Å²) in [5.41, 5.74) is -0.255. The summed E-state index contributed by atoms with van der Waals surface area (Å²) in [4.78, 5) is 24.9. The van der Waals surface area contributed by atoms with E-state index in [0.717, 1.165) is 0 Å². The molecule has 0 aliphatic rings. The number of carbonyl (C=O) groups is 2. The van der Waals surface area contributed by atoms with Crippen LogP contribution in [-0.4, -0.2) is 40.8 Å². The summed E-state index contributed by atoms with van der Waals surface area (Å²) in [6, 6.07) is 3.05. The Balaban J connectivity index is 2.53. The first kappa shape index (κ1) is 15.7. The van der Waals surface area contributed by atoms with E-state index in [1.807, 2.05) is 0 Å². The van der Waals surface area contributed by atoms with Crippen LogP contribution in [0.25, 0.3) is 0 Å². The Kier molecular flexibility index (Phi) is 4.89. The average molecular weight is 292 g/mol. The summed E-state index contributed by atoms with van der Waals surface area (Å²) < 4.78 is 41.0. The lowest BCUT2D eigenvalue weighted by atomic mass is 10.3. The van der Waals surface area contributed by atoms with Gasteiger partial charge in [-0.05, 0) is 13.0 Å². The van der Waals surface area contributed by atoms with Gasteiger partial charge in [0.2, 0.25) is 5.88 Å². The minimum Gasteiger partial charge on any atom is -0.477 e. The highest BCUT2D eigenvalue weighted by Crippen LogP contribution is 2.14. The van der Waals surface area contributed by atoms with Crippen LogP contribution < -0.4 is 10.1 Å². The number of carboxylic acids is 1. The van der Waals surface area contributed by atoms with Crippen molar-refractivity contribution in [3.05, 3.63) is 23.9 Å². The summed E-state index contributed by atoms with van der Waals surface area (Å²) in [7, 11) is 0. The van der Waals surface area contributed by atoms with Gasteiger partial charge in [-0.1, -0.05) is 6.07 Å². The molecule has 0 unspecified atom stereocenters. The molecule has 1 rings (SSSR count). The van der Waals surface area contributed by atoms with Gasteiger partial charge in [-0.3, -0.25) is 4.79 Å². The molecule has 1 heterocycles. The van der Waals surface area contributed by atoms with E-state index in [0.29, 0.717) is 0 Å². The number of aromatic nitrogens is 1. The van der Waals surface area contributed by atoms with Gasteiger partial charge in [0.15, 0.2) is 5.69 Å². The third kappa shape index (κ3) is 4.75. The summed E-state index contributed by atoms with van der Waals surface area (Å²) >= 11 is 0. The van der Waals surface area contributed by atoms with Crippen LogP contribution in [-0.2, 0) is 4.79 Å². The SMILES string of the molecule is C[C@@H](COc1cccc(C(=O)O)n1)NC(=O)C(F)(F)F. The lowest BCUT2D eigenvalue weighted by Gasteiger charge is -2.15. The molecule has 0 radical (unpaired) electrons. The fourth-order valence-electron chi connectivity index (χ4n) is 1.17. The standard InChI is InChI=1S/C11H11F3N2O4/c1-6(15-10(19)11(12,13)14)5-20-8-4-2-3-7(16-8)9(17)18/h2-4,6H,5H2,1H3,(H,15,19)(H,17,18)/t6-/m0/s1. The van der Waals surface area contributed by atoms with E-state index in [9.17, 15) is 22.8 Å². The first-order chi connectivity index (χ1) is 9.20. The maximum atomic E-state index is 12.0. The summed E-state index contributed by atoms with van der Waals surface area (Å²) in [6.45, 7) is 1.03. The number of hydrogen-bond donors (Lipinski definition) is 2. The number of carbonyl (C=O) groups excluding carboxylic acids is 1. The topological polar surface area (TPSA) is 88.5 Å². The Morgan fingerprint density at radius 3 is 2.65 bits per heavy atom. The predicted octanol–water partition coefficient (Wildman–Crippen LogP) is 1.23. The van der Waals surface area contributed by atoms with Crippen LogP contribution >= 0.6 is 0 Å². The van der Waals surface area contributed by atoms with Crippen molar-refractivity contribution >= 4 is 11.9 Å². The molecule has 0 aliphatic carbocycles. The number of nitrogens with zero attached hydrogens (tertiary/aromatic N) is 1. The van der Waals surface area contributed by atoms with Gasteiger partial charge in [0.1, 0.15) is 6.61 Å². The van der Waals surface area contributed by atoms with Crippen molar-refractivity contribution in [2.45, 2.75) is 19.1 Å². The minimum absolute atomic E-state index is 0.0574. The van der Waals surface area contributed by atoms with Crippen molar-refractivity contribution in [2.75, 3.05) is 6.61 Å². The van der Waals surface area contributed by atoms with Crippen LogP contribution in [0.1, 0.15) is 17.4 Å². The van der Waals surface area contributed by atoms with E-state index in [2.05, 4.69) is 4.98 Å². The molecule has 0 bridgehead atoms. The second-order valence-corrected chi connectivity index (χ2v) is 3.85. The molecule has 0 saturated heterocycles. The van der Waals surface area contributed by atoms with Gasteiger partial charge in [-0.15, -0.1) is 0 Å². The number of aromatic carboxylic acids is 1.